The van der Waals surface area contributed by atoms with Crippen molar-refractivity contribution in [3.63, 3.8) is 0 Å². The predicted octanol–water partition coefficient (Wildman–Crippen LogP) is 3.26. The van der Waals surface area contributed by atoms with Gasteiger partial charge < -0.3 is 39.4 Å². The van der Waals surface area contributed by atoms with Crippen LogP contribution in [0.25, 0.3) is 11.1 Å². The summed E-state index contributed by atoms with van der Waals surface area (Å²) < 4.78 is 27.0. The highest BCUT2D eigenvalue weighted by atomic mass is 16.7. The highest BCUT2D eigenvalue weighted by Gasteiger charge is 2.50. The molecule has 1 aliphatic carbocycles. The number of alkyl carbamates (subject to hydrolysis) is 2. The topological polar surface area (TPSA) is 142 Å². The van der Waals surface area contributed by atoms with Crippen molar-refractivity contribution in [3.05, 3.63) is 59.7 Å². The number of carboxylic acids is 1. The van der Waals surface area contributed by atoms with E-state index < -0.39 is 48.1 Å². The van der Waals surface area contributed by atoms with Gasteiger partial charge in [0.05, 0.1) is 12.1 Å². The summed E-state index contributed by atoms with van der Waals surface area (Å²) in [6, 6.07) is 15.0. The Morgan fingerprint density at radius 1 is 0.974 bits per heavy atom. The number of benzene rings is 2. The largest absolute Gasteiger partial charge is 0.479 e. The number of ether oxygens (including phenoxy) is 5. The van der Waals surface area contributed by atoms with Crippen LogP contribution in [-0.2, 0) is 28.5 Å². The molecule has 4 rings (SSSR count). The minimum Gasteiger partial charge on any atom is -0.479 e. The molecule has 1 fully saturated rings. The molecule has 0 radical (unpaired) electrons. The summed E-state index contributed by atoms with van der Waals surface area (Å²) in [4.78, 5) is 37.1. The molecule has 0 bridgehead atoms. The van der Waals surface area contributed by atoms with Crippen LogP contribution in [0.4, 0.5) is 9.59 Å². The monoisotopic (exact) mass is 542 g/mol. The van der Waals surface area contributed by atoms with Gasteiger partial charge in [0, 0.05) is 19.6 Å². The average Bonchev–Trinajstić information content (AvgIpc) is 3.39. The second kappa shape index (κ2) is 12.0. The van der Waals surface area contributed by atoms with Crippen LogP contribution in [0.3, 0.4) is 0 Å². The fraction of sp³-hybridized carbons (Fsp3) is 0.464. The summed E-state index contributed by atoms with van der Waals surface area (Å²) in [6.07, 6.45) is -4.93. The molecule has 2 aromatic carbocycles. The SMILES string of the molecule is COCO[C@@H]1[C@H](NC(=O)OC(C)(C)C)[C@@H](CNC(=O)OCC2c3ccccc3-c3ccccc32)O[C@H]1C(=O)O. The van der Waals surface area contributed by atoms with Gasteiger partial charge in [-0.05, 0) is 43.0 Å². The standard InChI is InChI=1S/C28H34N2O9/c1-28(2,3)39-27(34)30-22-21(38-24(25(31)32)23(22)37-15-35-4)13-29-26(33)36-14-20-18-11-7-5-9-16(18)17-10-6-8-12-19(17)20/h5-12,20-24H,13-15H2,1-4H3,(H,29,33)(H,30,34)(H,31,32)/t21-,22-,23-,24-/m1/s1. The van der Waals surface area contributed by atoms with E-state index in [2.05, 4.69) is 10.6 Å². The molecule has 1 aliphatic heterocycles. The van der Waals surface area contributed by atoms with E-state index in [1.807, 2.05) is 48.5 Å². The van der Waals surface area contributed by atoms with Crippen molar-refractivity contribution in [2.24, 2.45) is 0 Å². The second-order valence-corrected chi connectivity index (χ2v) is 10.3. The molecule has 0 aromatic heterocycles. The fourth-order valence-corrected chi connectivity index (χ4v) is 4.91. The number of nitrogens with one attached hydrogen (secondary N) is 2. The highest BCUT2D eigenvalue weighted by Crippen LogP contribution is 2.44. The van der Waals surface area contributed by atoms with Crippen molar-refractivity contribution in [1.82, 2.24) is 10.6 Å². The van der Waals surface area contributed by atoms with E-state index in [9.17, 15) is 19.5 Å². The molecule has 1 heterocycles. The zero-order valence-electron chi connectivity index (χ0n) is 22.3. The van der Waals surface area contributed by atoms with Crippen molar-refractivity contribution >= 4 is 18.2 Å². The van der Waals surface area contributed by atoms with Gasteiger partial charge in [-0.15, -0.1) is 0 Å². The van der Waals surface area contributed by atoms with Gasteiger partial charge in [0.2, 0.25) is 0 Å². The van der Waals surface area contributed by atoms with Crippen molar-refractivity contribution in [3.8, 4) is 11.1 Å². The van der Waals surface area contributed by atoms with E-state index in [-0.39, 0.29) is 25.9 Å². The summed E-state index contributed by atoms with van der Waals surface area (Å²) in [7, 11) is 1.39. The van der Waals surface area contributed by atoms with Crippen LogP contribution in [0.2, 0.25) is 0 Å². The summed E-state index contributed by atoms with van der Waals surface area (Å²) in [5.74, 6) is -1.40. The van der Waals surface area contributed by atoms with Gasteiger partial charge in [0.1, 0.15) is 25.1 Å². The van der Waals surface area contributed by atoms with E-state index in [0.29, 0.717) is 0 Å². The lowest BCUT2D eigenvalue weighted by Gasteiger charge is -2.27. The molecular formula is C28H34N2O9. The minimum atomic E-state index is -1.41. The van der Waals surface area contributed by atoms with Crippen LogP contribution in [0.15, 0.2) is 48.5 Å². The van der Waals surface area contributed by atoms with Crippen molar-refractivity contribution in [2.45, 2.75) is 56.6 Å². The Hall–Kier alpha value is -3.67. The molecule has 0 saturated carbocycles. The molecule has 11 nitrogen and oxygen atoms in total. The van der Waals surface area contributed by atoms with Crippen LogP contribution >= 0.6 is 0 Å². The molecule has 3 N–H and O–H groups in total. The first-order valence-corrected chi connectivity index (χ1v) is 12.7. The Bertz CT molecular complexity index is 1150. The normalized spacial score (nSPS) is 22.1. The smallest absolute Gasteiger partial charge is 0.408 e. The van der Waals surface area contributed by atoms with E-state index in [4.69, 9.17) is 23.7 Å². The van der Waals surface area contributed by atoms with Crippen LogP contribution in [-0.4, -0.2) is 80.3 Å². The molecule has 2 aromatic rings. The Balaban J connectivity index is 1.41. The average molecular weight is 543 g/mol. The Labute approximate surface area is 226 Å². The number of carbonyl (C=O) groups is 3. The maximum Gasteiger partial charge on any atom is 0.408 e. The maximum absolute atomic E-state index is 12.7. The summed E-state index contributed by atoms with van der Waals surface area (Å²) in [5, 5.41) is 14.9. The van der Waals surface area contributed by atoms with Crippen LogP contribution < -0.4 is 10.6 Å². The summed E-state index contributed by atoms with van der Waals surface area (Å²) >= 11 is 0. The molecule has 2 aliphatic rings. The van der Waals surface area contributed by atoms with Crippen molar-refractivity contribution in [2.75, 3.05) is 27.1 Å². The number of amides is 2. The van der Waals surface area contributed by atoms with E-state index in [0.717, 1.165) is 22.3 Å². The third-order valence-corrected chi connectivity index (χ3v) is 6.47. The first-order valence-electron chi connectivity index (χ1n) is 12.7. The van der Waals surface area contributed by atoms with Crippen LogP contribution in [0.5, 0.6) is 0 Å². The van der Waals surface area contributed by atoms with Crippen LogP contribution in [0, 0.1) is 0 Å². The number of carboxylic acid groups (broad SMARTS) is 1. The van der Waals surface area contributed by atoms with Crippen LogP contribution in [0.1, 0.15) is 37.8 Å². The number of hydrogen-bond acceptors (Lipinski definition) is 8. The van der Waals surface area contributed by atoms with Gasteiger partial charge >= 0.3 is 18.2 Å². The quantitative estimate of drug-likeness (QED) is 0.407. The molecule has 2 amide bonds. The molecular weight excluding hydrogens is 508 g/mol. The fourth-order valence-electron chi connectivity index (χ4n) is 4.91. The zero-order valence-corrected chi connectivity index (χ0v) is 22.3. The number of methoxy groups -OCH3 is 1. The van der Waals surface area contributed by atoms with Gasteiger partial charge in [-0.25, -0.2) is 14.4 Å². The van der Waals surface area contributed by atoms with Gasteiger partial charge in [-0.1, -0.05) is 48.5 Å². The molecule has 210 valence electrons. The second-order valence-electron chi connectivity index (χ2n) is 10.3. The first kappa shape index (κ1) is 28.3. The molecule has 1 saturated heterocycles. The van der Waals surface area contributed by atoms with Gasteiger partial charge in [-0.3, -0.25) is 0 Å². The lowest BCUT2D eigenvalue weighted by atomic mass is 9.98. The number of fused-ring (bicyclic) bond motifs is 3. The van der Waals surface area contributed by atoms with E-state index >= 15 is 0 Å². The first-order chi connectivity index (χ1) is 18.6. The third kappa shape index (κ3) is 6.67. The summed E-state index contributed by atoms with van der Waals surface area (Å²) in [5.41, 5.74) is 3.59. The molecule has 4 atom stereocenters. The molecule has 0 unspecified atom stereocenters. The predicted molar refractivity (Wildman–Crippen MR) is 139 cm³/mol. The van der Waals surface area contributed by atoms with Crippen molar-refractivity contribution < 1.29 is 43.2 Å². The Morgan fingerprint density at radius 2 is 1.59 bits per heavy atom. The molecule has 39 heavy (non-hydrogen) atoms. The molecule has 11 heteroatoms. The lowest BCUT2D eigenvalue weighted by molar-refractivity contribution is -0.160. The maximum atomic E-state index is 12.7. The van der Waals surface area contributed by atoms with Gasteiger partial charge in [0.25, 0.3) is 0 Å². The van der Waals surface area contributed by atoms with E-state index in [1.165, 1.54) is 7.11 Å². The third-order valence-electron chi connectivity index (χ3n) is 6.47. The Kier molecular flexibility index (Phi) is 8.73. The summed E-state index contributed by atoms with van der Waals surface area (Å²) in [6.45, 7) is 4.85. The molecule has 0 spiro atoms. The minimum absolute atomic E-state index is 0.113. The number of rotatable bonds is 9. The number of aliphatic carboxylic acids is 1. The lowest BCUT2D eigenvalue weighted by Crippen LogP contribution is -2.53. The van der Waals surface area contributed by atoms with E-state index in [1.54, 1.807) is 20.8 Å². The van der Waals surface area contributed by atoms with Gasteiger partial charge in [0.15, 0.2) is 6.10 Å². The highest BCUT2D eigenvalue weighted by molar-refractivity contribution is 5.79. The zero-order chi connectivity index (χ0) is 28.2. The number of carbonyl (C=O) groups excluding carboxylic acids is 2. The van der Waals surface area contributed by atoms with Crippen molar-refractivity contribution in [1.29, 1.82) is 0 Å². The van der Waals surface area contributed by atoms with Gasteiger partial charge in [-0.2, -0.15) is 0 Å². The number of hydrogen-bond donors (Lipinski definition) is 3. The Morgan fingerprint density at radius 3 is 2.15 bits per heavy atom.